The molecule has 0 unspecified atom stereocenters. The van der Waals surface area contributed by atoms with Crippen molar-refractivity contribution < 1.29 is 56.4 Å². The van der Waals surface area contributed by atoms with Gasteiger partial charge in [0.05, 0.1) is 0 Å². The molecule has 1 rings (SSSR count). The van der Waals surface area contributed by atoms with Gasteiger partial charge in [-0.25, -0.2) is 0 Å². The van der Waals surface area contributed by atoms with E-state index in [0.29, 0.717) is 0 Å². The summed E-state index contributed by atoms with van der Waals surface area (Å²) in [4.78, 5) is 3.87. The first-order valence-electron chi connectivity index (χ1n) is 4.68. The van der Waals surface area contributed by atoms with E-state index in [0.717, 1.165) is 0 Å². The summed E-state index contributed by atoms with van der Waals surface area (Å²) in [5.74, 6) is 0. The number of nitrogens with zero attached hydrogens (tertiary/aromatic N) is 1. The van der Waals surface area contributed by atoms with E-state index in [2.05, 4.69) is 37.0 Å². The molecule has 1 aliphatic carbocycles. The molecule has 0 amide bonds. The van der Waals surface area contributed by atoms with E-state index in [4.69, 9.17) is 0 Å². The molecular formula is C10H17Cl3NTi. The van der Waals surface area contributed by atoms with Crippen molar-refractivity contribution in [2.24, 2.45) is 0 Å². The maximum atomic E-state index is 2.53. The Morgan fingerprint density at radius 3 is 2.20 bits per heavy atom. The molecule has 0 aromatic carbocycles. The Morgan fingerprint density at radius 2 is 1.80 bits per heavy atom. The predicted octanol–water partition coefficient (Wildman–Crippen LogP) is -6.78. The zero-order valence-electron chi connectivity index (χ0n) is 9.14. The van der Waals surface area contributed by atoms with E-state index in [-0.39, 0.29) is 56.4 Å². The zero-order valence-corrected chi connectivity index (χ0v) is 13.0. The van der Waals surface area contributed by atoms with E-state index in [1.54, 1.807) is 3.88 Å². The molecular weight excluding hydrogens is 288 g/mol. The summed E-state index contributed by atoms with van der Waals surface area (Å²) >= 11 is 0.163. The van der Waals surface area contributed by atoms with Crippen molar-refractivity contribution in [3.63, 3.8) is 0 Å². The Balaban J connectivity index is -0.000000480. The van der Waals surface area contributed by atoms with Gasteiger partial charge in [-0.1, -0.05) is 0 Å². The Labute approximate surface area is 121 Å². The van der Waals surface area contributed by atoms with Crippen molar-refractivity contribution in [2.75, 3.05) is 17.9 Å². The second kappa shape index (κ2) is 13.1. The van der Waals surface area contributed by atoms with E-state index < -0.39 is 0 Å². The zero-order chi connectivity index (χ0) is 8.81. The van der Waals surface area contributed by atoms with Crippen LogP contribution < -0.4 is 37.2 Å². The smallest absolute Gasteiger partial charge is 1.00 e. The third kappa shape index (κ3) is 8.79. The molecule has 0 radical (unpaired) electrons. The van der Waals surface area contributed by atoms with Crippen LogP contribution in [0, 0.1) is 0 Å². The summed E-state index contributed by atoms with van der Waals surface area (Å²) in [6.45, 7) is 6.91. The Bertz CT molecular complexity index is 191. The summed E-state index contributed by atoms with van der Waals surface area (Å²) in [6.07, 6.45) is 8.01. The molecule has 0 saturated carbocycles. The number of rotatable bonds is 5. The molecule has 1 nitrogen and oxygen atoms in total. The minimum Gasteiger partial charge on any atom is -1.00 e. The van der Waals surface area contributed by atoms with Gasteiger partial charge in [-0.05, 0) is 0 Å². The minimum absolute atomic E-state index is 0. The normalized spacial score (nSPS) is 12.1. The van der Waals surface area contributed by atoms with Gasteiger partial charge >= 0.3 is 84.4 Å². The standard InChI is InChI=1S/C5H12N.C5H5.3ClH.Ti/c1-4-6(3)5-2;1-2-4-5-3-1;;;;/h3-5H2,1-2H3;1-3H,4H2;3*1H;/q;;;;;+3/p-3. The number of allylic oxidation sites excluding steroid dienone is 4. The van der Waals surface area contributed by atoms with Crippen molar-refractivity contribution in [3.8, 4) is 0 Å². The van der Waals surface area contributed by atoms with E-state index >= 15 is 0 Å². The second-order valence-corrected chi connectivity index (χ2v) is 5.01. The molecule has 0 spiro atoms. The number of hydrogen-bond acceptors (Lipinski definition) is 1. The van der Waals surface area contributed by atoms with Crippen molar-refractivity contribution in [3.05, 3.63) is 22.1 Å². The Morgan fingerprint density at radius 1 is 1.20 bits per heavy atom. The molecule has 0 N–H and O–H groups in total. The van der Waals surface area contributed by atoms with Gasteiger partial charge in [0, 0.05) is 0 Å². The largest absolute Gasteiger partial charge is 1.00 e. The van der Waals surface area contributed by atoms with Crippen LogP contribution in [0.2, 0.25) is 0 Å². The molecule has 87 valence electrons. The monoisotopic (exact) mass is 304 g/mol. The van der Waals surface area contributed by atoms with Crippen LogP contribution in [0.3, 0.4) is 0 Å². The second-order valence-electron chi connectivity index (χ2n) is 2.96. The Kier molecular flexibility index (Phi) is 18.6. The van der Waals surface area contributed by atoms with E-state index in [1.165, 1.54) is 24.4 Å². The Hall–Kier alpha value is 1.02. The molecule has 0 saturated heterocycles. The fourth-order valence-electron chi connectivity index (χ4n) is 1.24. The fourth-order valence-corrected chi connectivity index (χ4v) is 3.35. The number of hydrogen-bond donors (Lipinski definition) is 0. The van der Waals surface area contributed by atoms with Crippen LogP contribution in [-0.4, -0.2) is 22.8 Å². The van der Waals surface area contributed by atoms with Crippen LogP contribution in [0.4, 0.5) is 0 Å². The van der Waals surface area contributed by atoms with Crippen molar-refractivity contribution in [1.29, 1.82) is 0 Å². The SMILES string of the molecule is CCN(CC)[CH2][Ti+3][C]1=CC=CC1.[Cl-].[Cl-].[Cl-]. The molecule has 15 heavy (non-hydrogen) atoms. The van der Waals surface area contributed by atoms with Gasteiger partial charge in [0.15, 0.2) is 0 Å². The molecule has 0 aromatic rings. The van der Waals surface area contributed by atoms with Crippen LogP contribution >= 0.6 is 0 Å². The van der Waals surface area contributed by atoms with Crippen LogP contribution in [0.1, 0.15) is 20.3 Å². The first-order chi connectivity index (χ1) is 5.86. The average Bonchev–Trinajstić information content (AvgIpc) is 2.59. The summed E-state index contributed by atoms with van der Waals surface area (Å²) in [7, 11) is 0. The first-order valence-corrected chi connectivity index (χ1v) is 6.57. The summed E-state index contributed by atoms with van der Waals surface area (Å²) in [6, 6.07) is 0. The molecule has 0 aromatic heterocycles. The number of halogens is 3. The molecule has 0 fully saturated rings. The third-order valence-electron chi connectivity index (χ3n) is 2.20. The molecule has 0 aliphatic heterocycles. The topological polar surface area (TPSA) is 3.24 Å². The predicted molar refractivity (Wildman–Crippen MR) is 49.6 cm³/mol. The van der Waals surface area contributed by atoms with Crippen molar-refractivity contribution in [2.45, 2.75) is 20.3 Å². The van der Waals surface area contributed by atoms with Gasteiger partial charge in [0.25, 0.3) is 0 Å². The maximum Gasteiger partial charge on any atom is -1.00 e. The van der Waals surface area contributed by atoms with Crippen LogP contribution in [0.5, 0.6) is 0 Å². The molecule has 0 atom stereocenters. The van der Waals surface area contributed by atoms with Crippen molar-refractivity contribution >= 4 is 0 Å². The van der Waals surface area contributed by atoms with Crippen LogP contribution in [0.25, 0.3) is 0 Å². The van der Waals surface area contributed by atoms with Gasteiger partial charge in [0.2, 0.25) is 0 Å². The van der Waals surface area contributed by atoms with Gasteiger partial charge in [-0.15, -0.1) is 0 Å². The van der Waals surface area contributed by atoms with Gasteiger partial charge in [-0.3, -0.25) is 0 Å². The fraction of sp³-hybridized carbons (Fsp3) is 0.600. The van der Waals surface area contributed by atoms with Crippen LogP contribution in [0.15, 0.2) is 22.1 Å². The molecule has 1 aliphatic rings. The van der Waals surface area contributed by atoms with Crippen LogP contribution in [-0.2, 0) is 19.2 Å². The quantitative estimate of drug-likeness (QED) is 0.457. The minimum atomic E-state index is 0. The molecule has 5 heteroatoms. The summed E-state index contributed by atoms with van der Waals surface area (Å²) < 4.78 is 1.71. The van der Waals surface area contributed by atoms with E-state index in [9.17, 15) is 0 Å². The summed E-state index contributed by atoms with van der Waals surface area (Å²) in [5, 5.41) is 0. The first kappa shape index (κ1) is 21.3. The molecule has 0 heterocycles. The van der Waals surface area contributed by atoms with Gasteiger partial charge in [-0.2, -0.15) is 0 Å². The average molecular weight is 305 g/mol. The van der Waals surface area contributed by atoms with Gasteiger partial charge in [0.1, 0.15) is 0 Å². The third-order valence-corrected chi connectivity index (χ3v) is 4.43. The van der Waals surface area contributed by atoms with E-state index in [1.807, 2.05) is 0 Å². The van der Waals surface area contributed by atoms with Crippen molar-refractivity contribution in [1.82, 2.24) is 4.90 Å². The van der Waals surface area contributed by atoms with Gasteiger partial charge < -0.3 is 37.2 Å². The summed E-state index contributed by atoms with van der Waals surface area (Å²) in [5.41, 5.74) is 0. The molecule has 0 bridgehead atoms. The maximum absolute atomic E-state index is 2.53.